The molecule has 1 fully saturated rings. The van der Waals surface area contributed by atoms with Crippen LogP contribution in [0.15, 0.2) is 35.3 Å². The summed E-state index contributed by atoms with van der Waals surface area (Å²) in [5.74, 6) is 1.62. The average molecular weight is 407 g/mol. The molecule has 1 N–H and O–H groups in total. The zero-order valence-electron chi connectivity index (χ0n) is 16.4. The molecule has 3 rings (SSSR count). The first kappa shape index (κ1) is 20.3. The van der Waals surface area contributed by atoms with Gasteiger partial charge < -0.3 is 14.0 Å². The Balaban J connectivity index is 2.09. The number of pyridine rings is 1. The molecule has 0 aliphatic heterocycles. The smallest absolute Gasteiger partial charge is 0.254 e. The monoisotopic (exact) mass is 406 g/mol. The number of nitrogens with zero attached hydrogens (tertiary/aromatic N) is 1. The molecule has 28 heavy (non-hydrogen) atoms. The quantitative estimate of drug-likeness (QED) is 0.692. The maximum Gasteiger partial charge on any atom is 0.254 e. The molecule has 8 heteroatoms. The van der Waals surface area contributed by atoms with E-state index in [1.165, 1.54) is 10.6 Å². The molecule has 7 nitrogen and oxygen atoms in total. The Morgan fingerprint density at radius 1 is 1.11 bits per heavy atom. The van der Waals surface area contributed by atoms with Gasteiger partial charge in [-0.2, -0.15) is 0 Å². The second kappa shape index (κ2) is 8.26. The zero-order valence-corrected chi connectivity index (χ0v) is 17.2. The molecule has 152 valence electrons. The lowest BCUT2D eigenvalue weighted by Gasteiger charge is -2.17. The second-order valence-corrected chi connectivity index (χ2v) is 8.92. The van der Waals surface area contributed by atoms with Crippen LogP contribution in [0.1, 0.15) is 26.7 Å². The summed E-state index contributed by atoms with van der Waals surface area (Å²) >= 11 is 0. The number of hydrogen-bond acceptors (Lipinski definition) is 5. The van der Waals surface area contributed by atoms with Crippen molar-refractivity contribution >= 4 is 15.7 Å². The molecule has 0 atom stereocenters. The number of hydrogen-bond donors (Lipinski definition) is 1. The Bertz CT molecular complexity index is 1010. The average Bonchev–Trinajstić information content (AvgIpc) is 3.48. The number of anilines is 1. The number of sulfonamides is 1. The zero-order chi connectivity index (χ0) is 20.3. The molecule has 1 aliphatic rings. The predicted molar refractivity (Wildman–Crippen MR) is 110 cm³/mol. The van der Waals surface area contributed by atoms with Gasteiger partial charge >= 0.3 is 0 Å². The van der Waals surface area contributed by atoms with E-state index in [0.29, 0.717) is 47.4 Å². The van der Waals surface area contributed by atoms with E-state index in [9.17, 15) is 13.2 Å². The minimum absolute atomic E-state index is 0.0215. The van der Waals surface area contributed by atoms with Crippen LogP contribution in [0.3, 0.4) is 0 Å². The highest BCUT2D eigenvalue weighted by Crippen LogP contribution is 2.39. The molecule has 1 heterocycles. The third kappa shape index (κ3) is 4.86. The van der Waals surface area contributed by atoms with Crippen LogP contribution in [0, 0.1) is 5.92 Å². The van der Waals surface area contributed by atoms with Crippen LogP contribution in [-0.2, 0) is 17.1 Å². The van der Waals surface area contributed by atoms with Gasteiger partial charge in [-0.1, -0.05) is 0 Å². The molecule has 0 spiro atoms. The van der Waals surface area contributed by atoms with Crippen LogP contribution in [0.25, 0.3) is 11.1 Å². The fourth-order valence-corrected chi connectivity index (χ4v) is 3.39. The first-order valence-electron chi connectivity index (χ1n) is 9.44. The summed E-state index contributed by atoms with van der Waals surface area (Å²) in [7, 11) is -1.75. The van der Waals surface area contributed by atoms with Crippen LogP contribution in [0.4, 0.5) is 5.69 Å². The van der Waals surface area contributed by atoms with Crippen molar-refractivity contribution in [3.8, 4) is 22.6 Å². The van der Waals surface area contributed by atoms with Crippen molar-refractivity contribution in [1.82, 2.24) is 4.57 Å². The van der Waals surface area contributed by atoms with Gasteiger partial charge in [0.25, 0.3) is 5.56 Å². The molecule has 2 aromatic rings. The van der Waals surface area contributed by atoms with Crippen LogP contribution in [0.5, 0.6) is 11.5 Å². The molecule has 0 saturated heterocycles. The molecule has 0 amide bonds. The molecule has 0 unspecified atom stereocenters. The third-order valence-corrected chi connectivity index (χ3v) is 5.89. The van der Waals surface area contributed by atoms with Crippen molar-refractivity contribution in [2.75, 3.05) is 23.7 Å². The summed E-state index contributed by atoms with van der Waals surface area (Å²) in [5, 5.41) is 0. The van der Waals surface area contributed by atoms with Crippen molar-refractivity contribution in [3.05, 3.63) is 40.8 Å². The van der Waals surface area contributed by atoms with Gasteiger partial charge in [0.05, 0.1) is 19.0 Å². The Labute approximate surface area is 165 Å². The van der Waals surface area contributed by atoms with E-state index in [1.807, 2.05) is 6.92 Å². The van der Waals surface area contributed by atoms with Gasteiger partial charge in [0.1, 0.15) is 11.5 Å². The molecule has 0 bridgehead atoms. The lowest BCUT2D eigenvalue weighted by atomic mass is 10.0. The summed E-state index contributed by atoms with van der Waals surface area (Å²) < 4.78 is 39.7. The minimum atomic E-state index is -3.41. The van der Waals surface area contributed by atoms with E-state index in [4.69, 9.17) is 9.47 Å². The normalized spacial score (nSPS) is 14.0. The first-order chi connectivity index (χ1) is 13.3. The fraction of sp³-hybridized carbons (Fsp3) is 0.450. The Morgan fingerprint density at radius 3 is 2.50 bits per heavy atom. The summed E-state index contributed by atoms with van der Waals surface area (Å²) in [4.78, 5) is 12.1. The van der Waals surface area contributed by atoms with E-state index in [-0.39, 0.29) is 11.3 Å². The molecule has 0 radical (unpaired) electrons. The standard InChI is InChI=1S/C20H26N2O5S/c1-4-26-19-11-20(23)22(3)12-17(19)16-10-15(21-28(24,25)5-2)8-9-18(16)27-13-14-6-7-14/h8-12,14,21H,4-7,13H2,1-3H3. The molecule has 1 aromatic heterocycles. The number of aryl methyl sites for hydroxylation is 1. The lowest BCUT2D eigenvalue weighted by Crippen LogP contribution is -2.16. The van der Waals surface area contributed by atoms with Crippen molar-refractivity contribution in [3.63, 3.8) is 0 Å². The number of ether oxygens (including phenoxy) is 2. The number of rotatable bonds is 9. The Hall–Kier alpha value is -2.48. The van der Waals surface area contributed by atoms with E-state index < -0.39 is 10.0 Å². The number of nitrogens with one attached hydrogen (secondary N) is 1. The van der Waals surface area contributed by atoms with Gasteiger partial charge in [0, 0.05) is 36.1 Å². The van der Waals surface area contributed by atoms with Crippen molar-refractivity contribution < 1.29 is 17.9 Å². The molecular weight excluding hydrogens is 380 g/mol. The highest BCUT2D eigenvalue weighted by molar-refractivity contribution is 7.92. The Kier molecular flexibility index (Phi) is 5.98. The lowest BCUT2D eigenvalue weighted by molar-refractivity contribution is 0.300. The Morgan fingerprint density at radius 2 is 1.86 bits per heavy atom. The SMILES string of the molecule is CCOc1cc(=O)n(C)cc1-c1cc(NS(=O)(=O)CC)ccc1OCC1CC1. The molecule has 1 aromatic carbocycles. The van der Waals surface area contributed by atoms with Gasteiger partial charge in [-0.05, 0) is 50.8 Å². The largest absolute Gasteiger partial charge is 0.493 e. The van der Waals surface area contributed by atoms with Crippen LogP contribution < -0.4 is 19.8 Å². The summed E-state index contributed by atoms with van der Waals surface area (Å²) in [6, 6.07) is 6.59. The van der Waals surface area contributed by atoms with E-state index in [1.54, 1.807) is 38.4 Å². The highest BCUT2D eigenvalue weighted by Gasteiger charge is 2.23. The van der Waals surface area contributed by atoms with Gasteiger partial charge in [-0.25, -0.2) is 8.42 Å². The molecule has 1 aliphatic carbocycles. The van der Waals surface area contributed by atoms with Crippen molar-refractivity contribution in [2.45, 2.75) is 26.7 Å². The third-order valence-electron chi connectivity index (χ3n) is 4.58. The fourth-order valence-electron chi connectivity index (χ4n) is 2.76. The van der Waals surface area contributed by atoms with Gasteiger partial charge in [0.15, 0.2) is 0 Å². The van der Waals surface area contributed by atoms with Crippen LogP contribution >= 0.6 is 0 Å². The van der Waals surface area contributed by atoms with Crippen molar-refractivity contribution in [2.24, 2.45) is 13.0 Å². The second-order valence-electron chi connectivity index (χ2n) is 6.90. The first-order valence-corrected chi connectivity index (χ1v) is 11.1. The van der Waals surface area contributed by atoms with E-state index in [0.717, 1.165) is 12.8 Å². The van der Waals surface area contributed by atoms with Crippen molar-refractivity contribution in [1.29, 1.82) is 0 Å². The summed E-state index contributed by atoms with van der Waals surface area (Å²) in [6.07, 6.45) is 4.01. The summed E-state index contributed by atoms with van der Waals surface area (Å²) in [5.41, 5.74) is 1.60. The highest BCUT2D eigenvalue weighted by atomic mass is 32.2. The summed E-state index contributed by atoms with van der Waals surface area (Å²) in [6.45, 7) is 4.44. The maximum atomic E-state index is 12.1. The topological polar surface area (TPSA) is 86.6 Å². The number of aromatic nitrogens is 1. The maximum absolute atomic E-state index is 12.1. The molecular formula is C20H26N2O5S. The predicted octanol–water partition coefficient (Wildman–Crippen LogP) is 3.00. The van der Waals surface area contributed by atoms with E-state index in [2.05, 4.69) is 4.72 Å². The van der Waals surface area contributed by atoms with Crippen LogP contribution in [-0.4, -0.2) is 32.0 Å². The van der Waals surface area contributed by atoms with Gasteiger partial charge in [-0.15, -0.1) is 0 Å². The van der Waals surface area contributed by atoms with Crippen LogP contribution in [0.2, 0.25) is 0 Å². The van der Waals surface area contributed by atoms with Gasteiger partial charge in [-0.3, -0.25) is 9.52 Å². The van der Waals surface area contributed by atoms with E-state index >= 15 is 0 Å². The number of benzene rings is 1. The molecule has 1 saturated carbocycles. The minimum Gasteiger partial charge on any atom is -0.493 e. The van der Waals surface area contributed by atoms with Gasteiger partial charge in [0.2, 0.25) is 10.0 Å².